The molecule has 0 atom stereocenters. The van der Waals surface area contributed by atoms with E-state index in [4.69, 9.17) is 4.84 Å². The number of aromatic nitrogens is 1. The highest BCUT2D eigenvalue weighted by atomic mass is 127. The van der Waals surface area contributed by atoms with Crippen molar-refractivity contribution < 1.29 is 24.6 Å². The zero-order chi connectivity index (χ0) is 14.3. The summed E-state index contributed by atoms with van der Waals surface area (Å²) in [7, 11) is 0. The normalized spacial score (nSPS) is 10.2. The van der Waals surface area contributed by atoms with E-state index in [0.29, 0.717) is 28.5 Å². The van der Waals surface area contributed by atoms with E-state index >= 15 is 0 Å². The zero-order valence-corrected chi connectivity index (χ0v) is 12.3. The zero-order valence-electron chi connectivity index (χ0n) is 10.1. The molecule has 1 aromatic rings. The third-order valence-electron chi connectivity index (χ3n) is 2.24. The minimum Gasteiger partial charge on any atom is -0.492 e. The summed E-state index contributed by atoms with van der Waals surface area (Å²) in [5.41, 5.74) is 0. The highest BCUT2D eigenvalue weighted by molar-refractivity contribution is 14.1. The maximum atomic E-state index is 11.4. The molecule has 3 N–H and O–H groups in total. The number of aromatic hydroxyl groups is 2. The van der Waals surface area contributed by atoms with Crippen LogP contribution in [0.25, 0.3) is 0 Å². The second kappa shape index (κ2) is 7.87. The summed E-state index contributed by atoms with van der Waals surface area (Å²) in [6.07, 6.45) is 1.33. The van der Waals surface area contributed by atoms with Gasteiger partial charge in [-0.3, -0.25) is 4.79 Å². The molecule has 0 aliphatic rings. The molecule has 7 nitrogen and oxygen atoms in total. The van der Waals surface area contributed by atoms with Crippen LogP contribution in [-0.4, -0.2) is 37.8 Å². The van der Waals surface area contributed by atoms with Crippen molar-refractivity contribution in [2.75, 3.05) is 11.0 Å². The van der Waals surface area contributed by atoms with E-state index in [0.717, 1.165) is 0 Å². The molecule has 0 bridgehead atoms. The summed E-state index contributed by atoms with van der Waals surface area (Å²) in [6.45, 7) is 0.509. The lowest BCUT2D eigenvalue weighted by Gasteiger charge is -2.07. The molecule has 1 rings (SSSR count). The Morgan fingerprint density at radius 1 is 1.26 bits per heavy atom. The van der Waals surface area contributed by atoms with Gasteiger partial charge in [-0.2, -0.15) is 0 Å². The first-order valence-corrected chi connectivity index (χ1v) is 7.20. The number of rotatable bonds is 7. The maximum absolute atomic E-state index is 11.4. The van der Waals surface area contributed by atoms with Gasteiger partial charge in [0.1, 0.15) is 0 Å². The van der Waals surface area contributed by atoms with E-state index in [-0.39, 0.29) is 24.1 Å². The summed E-state index contributed by atoms with van der Waals surface area (Å²) >= 11 is 1.97. The lowest BCUT2D eigenvalue weighted by molar-refractivity contribution is -0.145. The lowest BCUT2D eigenvalue weighted by atomic mass is 10.2. The average Bonchev–Trinajstić information content (AvgIpc) is 2.69. The minimum atomic E-state index is -0.568. The molecule has 0 unspecified atom stereocenters. The first kappa shape index (κ1) is 15.6. The second-order valence-electron chi connectivity index (χ2n) is 3.75. The molecule has 0 radical (unpaired) electrons. The largest absolute Gasteiger partial charge is 0.492 e. The van der Waals surface area contributed by atoms with Crippen molar-refractivity contribution in [2.45, 2.75) is 19.3 Å². The van der Waals surface area contributed by atoms with E-state index in [1.807, 2.05) is 22.6 Å². The van der Waals surface area contributed by atoms with Gasteiger partial charge in [0.05, 0.1) is 4.43 Å². The maximum Gasteiger partial charge on any atom is 0.333 e. The lowest BCUT2D eigenvalue weighted by Crippen LogP contribution is -2.25. The number of nitrogens with zero attached hydrogens (tertiary/aromatic N) is 1. The van der Waals surface area contributed by atoms with Crippen molar-refractivity contribution >= 4 is 34.5 Å². The SMILES string of the molecule is O=C(CI)NCCCCC(=O)On1c(O)ccc1O. The number of hydrogen-bond donors (Lipinski definition) is 3. The van der Waals surface area contributed by atoms with Crippen molar-refractivity contribution in [2.24, 2.45) is 0 Å². The Kier molecular flexibility index (Phi) is 6.46. The standard InChI is InChI=1S/C11H15IN2O5/c12-7-8(15)13-6-2-1-3-11(18)19-14-9(16)4-5-10(14)17/h4-5,16-17H,1-3,6-7H2,(H,13,15). The summed E-state index contributed by atoms with van der Waals surface area (Å²) in [6, 6.07) is 2.42. The summed E-state index contributed by atoms with van der Waals surface area (Å²) in [5, 5.41) is 21.2. The molecular formula is C11H15IN2O5. The number of carbonyl (C=O) groups is 2. The second-order valence-corrected chi connectivity index (χ2v) is 4.51. The third-order valence-corrected chi connectivity index (χ3v) is 2.93. The van der Waals surface area contributed by atoms with Gasteiger partial charge in [0, 0.05) is 25.1 Å². The van der Waals surface area contributed by atoms with Gasteiger partial charge >= 0.3 is 5.97 Å². The van der Waals surface area contributed by atoms with Gasteiger partial charge in [0.15, 0.2) is 0 Å². The van der Waals surface area contributed by atoms with Gasteiger partial charge in [-0.1, -0.05) is 22.6 Å². The number of unbranched alkanes of at least 4 members (excludes halogenated alkanes) is 1. The van der Waals surface area contributed by atoms with Crippen LogP contribution in [0.2, 0.25) is 0 Å². The highest BCUT2D eigenvalue weighted by Gasteiger charge is 2.11. The minimum absolute atomic E-state index is 0.0367. The number of amides is 1. The van der Waals surface area contributed by atoms with E-state index in [9.17, 15) is 19.8 Å². The number of halogens is 1. The molecule has 8 heteroatoms. The molecule has 0 saturated heterocycles. The van der Waals surface area contributed by atoms with Crippen LogP contribution in [0.3, 0.4) is 0 Å². The van der Waals surface area contributed by atoms with Crippen LogP contribution in [0, 0.1) is 0 Å². The summed E-state index contributed by atoms with van der Waals surface area (Å²) < 4.78 is 1.06. The monoisotopic (exact) mass is 382 g/mol. The Bertz CT molecular complexity index is 427. The van der Waals surface area contributed by atoms with Crippen molar-refractivity contribution in [1.29, 1.82) is 0 Å². The Hall–Kier alpha value is -1.45. The molecule has 19 heavy (non-hydrogen) atoms. The van der Waals surface area contributed by atoms with E-state index < -0.39 is 5.97 Å². The third kappa shape index (κ3) is 5.37. The molecular weight excluding hydrogens is 367 g/mol. The molecule has 0 aliphatic heterocycles. The van der Waals surface area contributed by atoms with E-state index in [2.05, 4.69) is 5.32 Å². The summed E-state index contributed by atoms with van der Waals surface area (Å²) in [4.78, 5) is 27.1. The molecule has 0 fully saturated rings. The van der Waals surface area contributed by atoms with Crippen LogP contribution >= 0.6 is 22.6 Å². The average molecular weight is 382 g/mol. The quantitative estimate of drug-likeness (QED) is 0.364. The number of carbonyl (C=O) groups excluding carboxylic acids is 2. The van der Waals surface area contributed by atoms with Crippen LogP contribution in [0.5, 0.6) is 11.8 Å². The smallest absolute Gasteiger partial charge is 0.333 e. The molecule has 0 aromatic carbocycles. The fraction of sp³-hybridized carbons (Fsp3) is 0.455. The Morgan fingerprint density at radius 3 is 2.47 bits per heavy atom. The molecule has 0 saturated carbocycles. The highest BCUT2D eigenvalue weighted by Crippen LogP contribution is 2.18. The van der Waals surface area contributed by atoms with Crippen molar-refractivity contribution in [3.05, 3.63) is 12.1 Å². The van der Waals surface area contributed by atoms with Crippen molar-refractivity contribution in [3.63, 3.8) is 0 Å². The van der Waals surface area contributed by atoms with Gasteiger partial charge in [0.2, 0.25) is 17.7 Å². The van der Waals surface area contributed by atoms with Crippen LogP contribution in [0.4, 0.5) is 0 Å². The molecule has 1 amide bonds. The van der Waals surface area contributed by atoms with E-state index in [1.165, 1.54) is 12.1 Å². The topological polar surface area (TPSA) is 101 Å². The van der Waals surface area contributed by atoms with Crippen LogP contribution in [0.1, 0.15) is 19.3 Å². The molecule has 0 spiro atoms. The van der Waals surface area contributed by atoms with Gasteiger partial charge < -0.3 is 20.4 Å². The fourth-order valence-corrected chi connectivity index (χ4v) is 1.58. The van der Waals surface area contributed by atoms with Crippen molar-refractivity contribution in [3.8, 4) is 11.8 Å². The molecule has 0 aliphatic carbocycles. The van der Waals surface area contributed by atoms with Gasteiger partial charge in [-0.05, 0) is 12.8 Å². The molecule has 1 heterocycles. The van der Waals surface area contributed by atoms with Crippen LogP contribution < -0.4 is 10.2 Å². The van der Waals surface area contributed by atoms with E-state index in [1.54, 1.807) is 0 Å². The van der Waals surface area contributed by atoms with Crippen molar-refractivity contribution in [1.82, 2.24) is 10.0 Å². The Morgan fingerprint density at radius 2 is 1.89 bits per heavy atom. The van der Waals surface area contributed by atoms with Gasteiger partial charge in [-0.25, -0.2) is 4.79 Å². The Labute approximate surface area is 123 Å². The van der Waals surface area contributed by atoms with Gasteiger partial charge in [-0.15, -0.1) is 4.73 Å². The van der Waals surface area contributed by atoms with Gasteiger partial charge in [0.25, 0.3) is 0 Å². The van der Waals surface area contributed by atoms with Crippen LogP contribution in [-0.2, 0) is 9.59 Å². The Balaban J connectivity index is 2.20. The molecule has 1 aromatic heterocycles. The first-order chi connectivity index (χ1) is 9.04. The predicted molar refractivity (Wildman–Crippen MR) is 75.1 cm³/mol. The fourth-order valence-electron chi connectivity index (χ4n) is 1.31. The predicted octanol–water partition coefficient (Wildman–Crippen LogP) is 0.576. The number of nitrogens with one attached hydrogen (secondary N) is 1. The first-order valence-electron chi connectivity index (χ1n) is 5.68. The summed E-state index contributed by atoms with van der Waals surface area (Å²) in [5.74, 6) is -1.30. The number of alkyl halides is 1. The molecule has 106 valence electrons. The van der Waals surface area contributed by atoms with Crippen LogP contribution in [0.15, 0.2) is 12.1 Å². The number of hydrogen-bond acceptors (Lipinski definition) is 5.